The Morgan fingerprint density at radius 1 is 1.19 bits per heavy atom. The predicted molar refractivity (Wildman–Crippen MR) is 63.1 cm³/mol. The van der Waals surface area contributed by atoms with Crippen molar-refractivity contribution in [1.82, 2.24) is 9.44 Å². The Morgan fingerprint density at radius 2 is 1.81 bits per heavy atom. The summed E-state index contributed by atoms with van der Waals surface area (Å²) < 4.78 is 29.1. The monoisotopic (exact) mass is 247 g/mol. The minimum absolute atomic E-state index is 0.149. The summed E-state index contributed by atoms with van der Waals surface area (Å²) in [6.45, 7) is 0.387. The average Bonchev–Trinajstić information content (AvgIpc) is 3.01. The number of rotatable bonds is 5. The van der Waals surface area contributed by atoms with Crippen molar-refractivity contribution in [3.63, 3.8) is 0 Å². The minimum atomic E-state index is -3.37. The van der Waals surface area contributed by atoms with Crippen LogP contribution in [0.25, 0.3) is 0 Å². The van der Waals surface area contributed by atoms with Gasteiger partial charge in [-0.25, -0.2) is 0 Å². The molecule has 0 radical (unpaired) electrons. The van der Waals surface area contributed by atoms with Crippen molar-refractivity contribution in [3.05, 3.63) is 0 Å². The molecule has 4 N–H and O–H groups in total. The molecule has 0 saturated heterocycles. The summed E-state index contributed by atoms with van der Waals surface area (Å²) in [6, 6.07) is 0.149. The first-order chi connectivity index (χ1) is 7.55. The molecule has 0 unspecified atom stereocenters. The van der Waals surface area contributed by atoms with Crippen LogP contribution in [0.3, 0.4) is 0 Å². The minimum Gasteiger partial charge on any atom is -0.329 e. The molecule has 16 heavy (non-hydrogen) atoms. The van der Waals surface area contributed by atoms with E-state index in [1.807, 2.05) is 0 Å². The van der Waals surface area contributed by atoms with E-state index in [0.717, 1.165) is 38.5 Å². The van der Waals surface area contributed by atoms with E-state index in [1.54, 1.807) is 0 Å². The van der Waals surface area contributed by atoms with Gasteiger partial charge in [-0.05, 0) is 25.7 Å². The van der Waals surface area contributed by atoms with E-state index >= 15 is 0 Å². The van der Waals surface area contributed by atoms with Gasteiger partial charge < -0.3 is 5.73 Å². The molecule has 2 rings (SSSR count). The quantitative estimate of drug-likeness (QED) is 0.650. The Kier molecular flexibility index (Phi) is 3.53. The second-order valence-electron chi connectivity index (χ2n) is 5.04. The van der Waals surface area contributed by atoms with E-state index in [9.17, 15) is 8.42 Å². The zero-order valence-corrected chi connectivity index (χ0v) is 10.4. The van der Waals surface area contributed by atoms with Crippen molar-refractivity contribution < 1.29 is 8.42 Å². The third kappa shape index (κ3) is 3.16. The molecule has 0 spiro atoms. The number of nitrogens with two attached hydrogens (primary N) is 1. The molecule has 0 aromatic carbocycles. The zero-order chi connectivity index (χ0) is 11.6. The lowest BCUT2D eigenvalue weighted by Gasteiger charge is -2.36. The molecule has 2 aliphatic carbocycles. The molecule has 0 aromatic rings. The van der Waals surface area contributed by atoms with Gasteiger partial charge in [-0.1, -0.05) is 19.3 Å². The second kappa shape index (κ2) is 4.60. The Balaban J connectivity index is 1.98. The lowest BCUT2D eigenvalue weighted by atomic mass is 9.83. The van der Waals surface area contributed by atoms with Crippen molar-refractivity contribution in [3.8, 4) is 0 Å². The van der Waals surface area contributed by atoms with E-state index in [2.05, 4.69) is 9.44 Å². The molecule has 5 nitrogen and oxygen atoms in total. The molecule has 0 atom stereocenters. The van der Waals surface area contributed by atoms with E-state index in [-0.39, 0.29) is 6.04 Å². The van der Waals surface area contributed by atoms with Crippen LogP contribution in [-0.2, 0) is 10.2 Å². The Hall–Kier alpha value is -0.170. The van der Waals surface area contributed by atoms with Crippen molar-refractivity contribution in [2.24, 2.45) is 5.73 Å². The fourth-order valence-corrected chi connectivity index (χ4v) is 3.90. The summed E-state index contributed by atoms with van der Waals surface area (Å²) in [6.07, 6.45) is 6.92. The van der Waals surface area contributed by atoms with Gasteiger partial charge in [0, 0.05) is 18.1 Å². The van der Waals surface area contributed by atoms with E-state index in [4.69, 9.17) is 5.73 Å². The summed E-state index contributed by atoms with van der Waals surface area (Å²) in [5.41, 5.74) is 5.33. The molecule has 0 aliphatic heterocycles. The fourth-order valence-electron chi connectivity index (χ4n) is 2.31. The molecule has 0 aromatic heterocycles. The van der Waals surface area contributed by atoms with Crippen molar-refractivity contribution in [2.45, 2.75) is 56.5 Å². The highest BCUT2D eigenvalue weighted by molar-refractivity contribution is 7.87. The van der Waals surface area contributed by atoms with Gasteiger partial charge in [-0.2, -0.15) is 17.9 Å². The van der Waals surface area contributed by atoms with E-state index < -0.39 is 15.7 Å². The largest absolute Gasteiger partial charge is 0.329 e. The zero-order valence-electron chi connectivity index (χ0n) is 9.54. The van der Waals surface area contributed by atoms with Crippen LogP contribution in [0.2, 0.25) is 0 Å². The SMILES string of the molecule is NCC1(NS(=O)(=O)NC2CC2)CCCCC1. The van der Waals surface area contributed by atoms with Gasteiger partial charge in [-0.3, -0.25) is 0 Å². The maximum atomic E-state index is 11.8. The van der Waals surface area contributed by atoms with Crippen LogP contribution in [0.1, 0.15) is 44.9 Å². The van der Waals surface area contributed by atoms with Crippen LogP contribution < -0.4 is 15.2 Å². The summed E-state index contributed by atoms with van der Waals surface area (Å²) in [5.74, 6) is 0. The van der Waals surface area contributed by atoms with Gasteiger partial charge in [0.25, 0.3) is 10.2 Å². The third-order valence-corrected chi connectivity index (χ3v) is 4.80. The first-order valence-electron chi connectivity index (χ1n) is 6.07. The molecule has 2 saturated carbocycles. The topological polar surface area (TPSA) is 84.2 Å². The van der Waals surface area contributed by atoms with Crippen LogP contribution in [0.15, 0.2) is 0 Å². The van der Waals surface area contributed by atoms with Gasteiger partial charge >= 0.3 is 0 Å². The van der Waals surface area contributed by atoms with E-state index in [1.165, 1.54) is 6.42 Å². The van der Waals surface area contributed by atoms with Crippen LogP contribution in [0.4, 0.5) is 0 Å². The van der Waals surface area contributed by atoms with Crippen LogP contribution in [-0.4, -0.2) is 26.5 Å². The molecule has 0 heterocycles. The van der Waals surface area contributed by atoms with Crippen molar-refractivity contribution in [1.29, 1.82) is 0 Å². The summed E-state index contributed by atoms with van der Waals surface area (Å²) in [7, 11) is -3.37. The highest BCUT2D eigenvalue weighted by atomic mass is 32.2. The first-order valence-corrected chi connectivity index (χ1v) is 7.55. The first kappa shape index (κ1) is 12.3. The molecule has 0 bridgehead atoms. The summed E-state index contributed by atoms with van der Waals surface area (Å²) in [4.78, 5) is 0. The summed E-state index contributed by atoms with van der Waals surface area (Å²) >= 11 is 0. The summed E-state index contributed by atoms with van der Waals surface area (Å²) in [5, 5.41) is 0. The van der Waals surface area contributed by atoms with Gasteiger partial charge in [-0.15, -0.1) is 0 Å². The lowest BCUT2D eigenvalue weighted by Crippen LogP contribution is -2.57. The van der Waals surface area contributed by atoms with Gasteiger partial charge in [0.15, 0.2) is 0 Å². The fraction of sp³-hybridized carbons (Fsp3) is 1.00. The molecule has 0 amide bonds. The molecule has 6 heteroatoms. The lowest BCUT2D eigenvalue weighted by molar-refractivity contribution is 0.275. The second-order valence-corrected chi connectivity index (χ2v) is 6.49. The van der Waals surface area contributed by atoms with Gasteiger partial charge in [0.2, 0.25) is 0 Å². The normalized spacial score (nSPS) is 25.6. The third-order valence-electron chi connectivity index (χ3n) is 3.45. The Labute approximate surface area is 97.3 Å². The van der Waals surface area contributed by atoms with Crippen molar-refractivity contribution in [2.75, 3.05) is 6.54 Å². The predicted octanol–water partition coefficient (Wildman–Crippen LogP) is 0.234. The number of nitrogens with one attached hydrogen (secondary N) is 2. The van der Waals surface area contributed by atoms with Crippen molar-refractivity contribution >= 4 is 10.2 Å². The van der Waals surface area contributed by atoms with Gasteiger partial charge in [0.1, 0.15) is 0 Å². The molecule has 2 aliphatic rings. The number of hydrogen-bond acceptors (Lipinski definition) is 3. The number of hydrogen-bond donors (Lipinski definition) is 3. The smallest absolute Gasteiger partial charge is 0.277 e. The van der Waals surface area contributed by atoms with Crippen LogP contribution >= 0.6 is 0 Å². The molecular weight excluding hydrogens is 226 g/mol. The molecule has 2 fully saturated rings. The van der Waals surface area contributed by atoms with Crippen LogP contribution in [0, 0.1) is 0 Å². The highest BCUT2D eigenvalue weighted by Gasteiger charge is 2.36. The molecular formula is C10H21N3O2S. The standard InChI is InChI=1S/C10H21N3O2S/c11-8-10(6-2-1-3-7-10)13-16(14,15)12-9-4-5-9/h9,12-13H,1-8,11H2. The maximum Gasteiger partial charge on any atom is 0.277 e. The van der Waals surface area contributed by atoms with Crippen LogP contribution in [0.5, 0.6) is 0 Å². The van der Waals surface area contributed by atoms with E-state index in [0.29, 0.717) is 6.54 Å². The average molecular weight is 247 g/mol. The highest BCUT2D eigenvalue weighted by Crippen LogP contribution is 2.28. The van der Waals surface area contributed by atoms with Gasteiger partial charge in [0.05, 0.1) is 0 Å². The maximum absolute atomic E-state index is 11.8. The Morgan fingerprint density at radius 3 is 2.31 bits per heavy atom. The molecule has 94 valence electrons. The Bertz CT molecular complexity index is 332.